The molecule has 0 saturated carbocycles. The fraction of sp³-hybridized carbons (Fsp3) is 0.176. The lowest BCUT2D eigenvalue weighted by atomic mass is 9.98. The van der Waals surface area contributed by atoms with E-state index < -0.39 is 0 Å². The molecule has 1 unspecified atom stereocenters. The van der Waals surface area contributed by atoms with E-state index in [1.807, 2.05) is 43.3 Å². The van der Waals surface area contributed by atoms with Gasteiger partial charge in [0.2, 0.25) is 0 Å². The molecular formula is C17H17BrO2. The standard InChI is InChI=1S/C17H17BrO2/c1-12(8-9-13-6-4-3-5-7-13)14-10-17(20-2)15(18)11-16(14)19/h3-12,19H,1-2H3. The lowest BCUT2D eigenvalue weighted by molar-refractivity contribution is 0.407. The number of phenols is 1. The first-order valence-corrected chi connectivity index (χ1v) is 7.20. The SMILES string of the molecule is COc1cc(C(C)C=Cc2ccccc2)c(O)cc1Br. The molecule has 104 valence electrons. The predicted molar refractivity (Wildman–Crippen MR) is 86.2 cm³/mol. The second-order valence-corrected chi connectivity index (χ2v) is 5.46. The summed E-state index contributed by atoms with van der Waals surface area (Å²) in [6.45, 7) is 2.04. The van der Waals surface area contributed by atoms with Gasteiger partial charge in [0.25, 0.3) is 0 Å². The molecule has 20 heavy (non-hydrogen) atoms. The zero-order valence-electron chi connectivity index (χ0n) is 11.5. The Bertz CT molecular complexity index is 606. The van der Waals surface area contributed by atoms with E-state index in [1.54, 1.807) is 13.2 Å². The van der Waals surface area contributed by atoms with Crippen LogP contribution in [0, 0.1) is 0 Å². The second kappa shape index (κ2) is 6.62. The summed E-state index contributed by atoms with van der Waals surface area (Å²) in [5, 5.41) is 10.1. The summed E-state index contributed by atoms with van der Waals surface area (Å²) in [4.78, 5) is 0. The molecule has 2 aromatic carbocycles. The van der Waals surface area contributed by atoms with E-state index in [1.165, 1.54) is 0 Å². The molecule has 0 radical (unpaired) electrons. The molecule has 3 heteroatoms. The molecule has 0 fully saturated rings. The molecule has 0 aliphatic rings. The minimum absolute atomic E-state index is 0.0946. The van der Waals surface area contributed by atoms with Gasteiger partial charge in [-0.25, -0.2) is 0 Å². The van der Waals surface area contributed by atoms with Crippen molar-refractivity contribution in [3.63, 3.8) is 0 Å². The van der Waals surface area contributed by atoms with Crippen LogP contribution in [0.1, 0.15) is 24.0 Å². The number of hydrogen-bond donors (Lipinski definition) is 1. The number of methoxy groups -OCH3 is 1. The fourth-order valence-corrected chi connectivity index (χ4v) is 2.50. The van der Waals surface area contributed by atoms with Crippen LogP contribution in [-0.2, 0) is 0 Å². The van der Waals surface area contributed by atoms with Gasteiger partial charge in [-0.3, -0.25) is 0 Å². The molecular weight excluding hydrogens is 316 g/mol. The van der Waals surface area contributed by atoms with Crippen molar-refractivity contribution >= 4 is 22.0 Å². The summed E-state index contributed by atoms with van der Waals surface area (Å²) >= 11 is 3.36. The molecule has 0 aliphatic heterocycles. The largest absolute Gasteiger partial charge is 0.508 e. The summed E-state index contributed by atoms with van der Waals surface area (Å²) in [5.74, 6) is 1.08. The lowest BCUT2D eigenvalue weighted by Crippen LogP contribution is -1.93. The van der Waals surface area contributed by atoms with E-state index in [0.717, 1.165) is 21.3 Å². The predicted octanol–water partition coefficient (Wildman–Crippen LogP) is 4.98. The molecule has 1 N–H and O–H groups in total. The van der Waals surface area contributed by atoms with Gasteiger partial charge in [-0.2, -0.15) is 0 Å². The number of allylic oxidation sites excluding steroid dienone is 1. The highest BCUT2D eigenvalue weighted by atomic mass is 79.9. The first kappa shape index (κ1) is 14.7. The Kier molecular flexibility index (Phi) is 4.85. The topological polar surface area (TPSA) is 29.5 Å². The highest BCUT2D eigenvalue weighted by Crippen LogP contribution is 2.36. The second-order valence-electron chi connectivity index (χ2n) is 4.60. The van der Waals surface area contributed by atoms with Crippen LogP contribution in [0.15, 0.2) is 53.0 Å². The summed E-state index contributed by atoms with van der Waals surface area (Å²) in [7, 11) is 1.62. The molecule has 0 aromatic heterocycles. The molecule has 2 nitrogen and oxygen atoms in total. The zero-order valence-corrected chi connectivity index (χ0v) is 13.1. The molecule has 0 bridgehead atoms. The number of halogens is 1. The van der Waals surface area contributed by atoms with Crippen LogP contribution in [0.25, 0.3) is 6.08 Å². The quantitative estimate of drug-likeness (QED) is 0.855. The van der Waals surface area contributed by atoms with E-state index in [4.69, 9.17) is 4.74 Å². The fourth-order valence-electron chi connectivity index (χ4n) is 2.00. The maximum absolute atomic E-state index is 10.1. The van der Waals surface area contributed by atoms with Crippen LogP contribution in [0.5, 0.6) is 11.5 Å². The van der Waals surface area contributed by atoms with Crippen LogP contribution in [0.2, 0.25) is 0 Å². The molecule has 0 aliphatic carbocycles. The van der Waals surface area contributed by atoms with Gasteiger partial charge in [0.1, 0.15) is 11.5 Å². The van der Waals surface area contributed by atoms with Gasteiger partial charge in [0.15, 0.2) is 0 Å². The smallest absolute Gasteiger partial charge is 0.133 e. The Morgan fingerprint density at radius 3 is 2.55 bits per heavy atom. The van der Waals surface area contributed by atoms with Gasteiger partial charge in [-0.05, 0) is 33.6 Å². The van der Waals surface area contributed by atoms with Gasteiger partial charge in [-0.15, -0.1) is 0 Å². The number of phenolic OH excluding ortho intramolecular Hbond substituents is 1. The monoisotopic (exact) mass is 332 g/mol. The lowest BCUT2D eigenvalue weighted by Gasteiger charge is -2.13. The Labute approximate surface area is 127 Å². The molecule has 0 amide bonds. The summed E-state index contributed by atoms with van der Waals surface area (Å²) in [6.07, 6.45) is 4.12. The van der Waals surface area contributed by atoms with Gasteiger partial charge in [0, 0.05) is 11.5 Å². The molecule has 2 rings (SSSR count). The van der Waals surface area contributed by atoms with Gasteiger partial charge in [0.05, 0.1) is 11.6 Å². The van der Waals surface area contributed by atoms with Crippen molar-refractivity contribution in [2.75, 3.05) is 7.11 Å². The van der Waals surface area contributed by atoms with E-state index in [-0.39, 0.29) is 11.7 Å². The maximum Gasteiger partial charge on any atom is 0.133 e. The average Bonchev–Trinajstić information content (AvgIpc) is 2.46. The van der Waals surface area contributed by atoms with E-state index >= 15 is 0 Å². The van der Waals surface area contributed by atoms with Gasteiger partial charge in [-0.1, -0.05) is 49.4 Å². The van der Waals surface area contributed by atoms with Crippen molar-refractivity contribution in [2.45, 2.75) is 12.8 Å². The maximum atomic E-state index is 10.1. The molecule has 2 aromatic rings. The Morgan fingerprint density at radius 2 is 1.90 bits per heavy atom. The minimum atomic E-state index is 0.0946. The molecule has 1 atom stereocenters. The first-order chi connectivity index (χ1) is 9.61. The highest BCUT2D eigenvalue weighted by Gasteiger charge is 2.12. The van der Waals surface area contributed by atoms with Crippen LogP contribution in [0.4, 0.5) is 0 Å². The molecule has 0 spiro atoms. The zero-order chi connectivity index (χ0) is 14.5. The Hall–Kier alpha value is -1.74. The molecule has 0 heterocycles. The Balaban J connectivity index is 2.25. The van der Waals surface area contributed by atoms with Crippen LogP contribution in [-0.4, -0.2) is 12.2 Å². The minimum Gasteiger partial charge on any atom is -0.508 e. The summed E-state index contributed by atoms with van der Waals surface area (Å²) < 4.78 is 6.02. The van der Waals surface area contributed by atoms with Crippen molar-refractivity contribution < 1.29 is 9.84 Å². The van der Waals surface area contributed by atoms with Crippen molar-refractivity contribution in [1.82, 2.24) is 0 Å². The molecule has 0 saturated heterocycles. The van der Waals surface area contributed by atoms with Gasteiger partial charge < -0.3 is 9.84 Å². The number of hydrogen-bond acceptors (Lipinski definition) is 2. The van der Waals surface area contributed by atoms with Crippen LogP contribution in [0.3, 0.4) is 0 Å². The van der Waals surface area contributed by atoms with E-state index in [9.17, 15) is 5.11 Å². The van der Waals surface area contributed by atoms with Crippen molar-refractivity contribution in [3.05, 3.63) is 64.1 Å². The van der Waals surface area contributed by atoms with Crippen molar-refractivity contribution in [3.8, 4) is 11.5 Å². The average molecular weight is 333 g/mol. The van der Waals surface area contributed by atoms with Crippen LogP contribution < -0.4 is 4.74 Å². The van der Waals surface area contributed by atoms with Crippen molar-refractivity contribution in [2.24, 2.45) is 0 Å². The third kappa shape index (κ3) is 3.42. The third-order valence-corrected chi connectivity index (χ3v) is 3.79. The highest BCUT2D eigenvalue weighted by molar-refractivity contribution is 9.10. The van der Waals surface area contributed by atoms with E-state index in [2.05, 4.69) is 28.1 Å². The van der Waals surface area contributed by atoms with Crippen LogP contribution >= 0.6 is 15.9 Å². The van der Waals surface area contributed by atoms with Crippen molar-refractivity contribution in [1.29, 1.82) is 0 Å². The summed E-state index contributed by atoms with van der Waals surface area (Å²) in [6, 6.07) is 13.6. The first-order valence-electron chi connectivity index (χ1n) is 6.41. The van der Waals surface area contributed by atoms with Gasteiger partial charge >= 0.3 is 0 Å². The summed E-state index contributed by atoms with van der Waals surface area (Å²) in [5.41, 5.74) is 1.99. The number of aromatic hydroxyl groups is 1. The van der Waals surface area contributed by atoms with E-state index in [0.29, 0.717) is 0 Å². The normalized spacial score (nSPS) is 12.6. The number of rotatable bonds is 4. The number of benzene rings is 2. The Morgan fingerprint density at radius 1 is 1.20 bits per heavy atom. The number of ether oxygens (including phenoxy) is 1. The third-order valence-electron chi connectivity index (χ3n) is 3.17.